The number of rotatable bonds is 5. The maximum Gasteiger partial charge on any atom is 0.320 e. The second kappa shape index (κ2) is 5.92. The van der Waals surface area contributed by atoms with Crippen LogP contribution in [0.3, 0.4) is 0 Å². The van der Waals surface area contributed by atoms with Crippen molar-refractivity contribution in [2.45, 2.75) is 17.9 Å². The van der Waals surface area contributed by atoms with Gasteiger partial charge in [0.15, 0.2) is 6.23 Å². The molecule has 5 nitrogen and oxygen atoms in total. The van der Waals surface area contributed by atoms with Crippen molar-refractivity contribution in [3.63, 3.8) is 0 Å². The van der Waals surface area contributed by atoms with E-state index in [1.54, 1.807) is 4.90 Å². The van der Waals surface area contributed by atoms with Gasteiger partial charge in [-0.25, -0.2) is 4.79 Å². The van der Waals surface area contributed by atoms with E-state index < -0.39 is 5.54 Å². The van der Waals surface area contributed by atoms with E-state index >= 15 is 0 Å². The van der Waals surface area contributed by atoms with Gasteiger partial charge < -0.3 is 15.4 Å². The van der Waals surface area contributed by atoms with Crippen molar-refractivity contribution < 1.29 is 9.53 Å². The van der Waals surface area contributed by atoms with Crippen molar-refractivity contribution in [2.75, 3.05) is 20.1 Å². The van der Waals surface area contributed by atoms with E-state index in [2.05, 4.69) is 34.9 Å². The van der Waals surface area contributed by atoms with Gasteiger partial charge in [0, 0.05) is 13.1 Å². The first-order valence-electron chi connectivity index (χ1n) is 8.27. The van der Waals surface area contributed by atoms with E-state index in [9.17, 15) is 4.79 Å². The second-order valence-electron chi connectivity index (χ2n) is 6.21. The highest BCUT2D eigenvalue weighted by molar-refractivity contribution is 5.79. The summed E-state index contributed by atoms with van der Waals surface area (Å²) >= 11 is 0. The minimum Gasteiger partial charge on any atom is -0.344 e. The summed E-state index contributed by atoms with van der Waals surface area (Å²) < 4.78 is 6.00. The Balaban J connectivity index is 1.76. The summed E-state index contributed by atoms with van der Waals surface area (Å²) in [4.78, 5) is 14.6. The molecular weight excluding hydrogens is 302 g/mol. The monoisotopic (exact) mass is 323 g/mol. The van der Waals surface area contributed by atoms with Crippen LogP contribution in [0.1, 0.15) is 11.1 Å². The van der Waals surface area contributed by atoms with E-state index in [-0.39, 0.29) is 18.4 Å². The molecule has 2 aromatic rings. The number of carbonyl (C=O) groups is 1. The molecule has 2 fully saturated rings. The normalized spacial score (nSPS) is 24.2. The molecule has 2 aromatic carbocycles. The van der Waals surface area contributed by atoms with Gasteiger partial charge in [0.1, 0.15) is 11.6 Å². The van der Waals surface area contributed by atoms with Gasteiger partial charge >= 0.3 is 6.03 Å². The van der Waals surface area contributed by atoms with Gasteiger partial charge in [-0.3, -0.25) is 4.90 Å². The Kier molecular flexibility index (Phi) is 3.75. The Morgan fingerprint density at radius 1 is 1.08 bits per heavy atom. The summed E-state index contributed by atoms with van der Waals surface area (Å²) in [7, 11) is 1.88. The van der Waals surface area contributed by atoms with Crippen LogP contribution in [0.5, 0.6) is 0 Å². The zero-order chi connectivity index (χ0) is 16.6. The van der Waals surface area contributed by atoms with Gasteiger partial charge in [-0.15, -0.1) is 0 Å². The van der Waals surface area contributed by atoms with Crippen LogP contribution in [0.4, 0.5) is 4.79 Å². The first-order valence-corrected chi connectivity index (χ1v) is 8.27. The van der Waals surface area contributed by atoms with Gasteiger partial charge in [-0.2, -0.15) is 0 Å². The van der Waals surface area contributed by atoms with Crippen molar-refractivity contribution in [1.29, 1.82) is 0 Å². The third-order valence-corrected chi connectivity index (χ3v) is 4.83. The topological polar surface area (TPSA) is 56.9 Å². The number of nitrogens with zero attached hydrogens (tertiary/aromatic N) is 1. The molecule has 2 aliphatic rings. The lowest BCUT2D eigenvalue weighted by molar-refractivity contribution is 0.158. The third-order valence-electron chi connectivity index (χ3n) is 4.83. The van der Waals surface area contributed by atoms with Crippen molar-refractivity contribution in [1.82, 2.24) is 15.5 Å². The van der Waals surface area contributed by atoms with Gasteiger partial charge in [-0.1, -0.05) is 60.7 Å². The summed E-state index contributed by atoms with van der Waals surface area (Å²) in [5, 5.41) is 6.33. The number of benzene rings is 2. The molecule has 0 saturated carbocycles. The predicted octanol–water partition coefficient (Wildman–Crippen LogP) is 1.90. The highest BCUT2D eigenvalue weighted by Crippen LogP contribution is 2.48. The number of ether oxygens (including phenoxy) is 1. The van der Waals surface area contributed by atoms with E-state index in [0.29, 0.717) is 6.54 Å². The van der Waals surface area contributed by atoms with Gasteiger partial charge in [0.05, 0.1) is 0 Å². The molecule has 2 N–H and O–H groups in total. The Morgan fingerprint density at radius 2 is 1.67 bits per heavy atom. The molecular formula is C19H21N3O2. The fourth-order valence-electron chi connectivity index (χ4n) is 3.59. The number of epoxide rings is 1. The number of hydrogen-bond acceptors (Lipinski definition) is 3. The highest BCUT2D eigenvalue weighted by atomic mass is 16.6. The average Bonchev–Trinajstić information content (AvgIpc) is 3.43. The lowest BCUT2D eigenvalue weighted by Crippen LogP contribution is -2.62. The van der Waals surface area contributed by atoms with Crippen LogP contribution in [-0.4, -0.2) is 43.4 Å². The molecule has 2 atom stereocenters. The molecule has 0 bridgehead atoms. The fraction of sp³-hybridized carbons (Fsp3) is 0.316. The first-order chi connectivity index (χ1) is 11.8. The van der Waals surface area contributed by atoms with Crippen molar-refractivity contribution in [3.05, 3.63) is 71.8 Å². The maximum absolute atomic E-state index is 12.8. The quantitative estimate of drug-likeness (QED) is 0.826. The molecule has 2 saturated heterocycles. The van der Waals surface area contributed by atoms with Crippen LogP contribution < -0.4 is 10.6 Å². The molecule has 2 unspecified atom stereocenters. The predicted molar refractivity (Wildman–Crippen MR) is 91.5 cm³/mol. The number of carbonyl (C=O) groups excluding carboxylic acids is 1. The molecule has 2 aliphatic heterocycles. The van der Waals surface area contributed by atoms with Crippen LogP contribution >= 0.6 is 0 Å². The van der Waals surface area contributed by atoms with Crippen LogP contribution in [0.15, 0.2) is 60.7 Å². The fourth-order valence-corrected chi connectivity index (χ4v) is 3.59. The van der Waals surface area contributed by atoms with Gasteiger partial charge in [0.2, 0.25) is 0 Å². The molecule has 124 valence electrons. The minimum atomic E-state index is -0.638. The number of nitrogens with one attached hydrogen (secondary N) is 2. The number of likely N-dealkylation sites (N-methyl/N-ethyl adjacent to an activating group) is 1. The van der Waals surface area contributed by atoms with Crippen LogP contribution in [0, 0.1) is 0 Å². The maximum atomic E-state index is 12.8. The summed E-state index contributed by atoms with van der Waals surface area (Å²) in [5.41, 5.74) is 1.45. The van der Waals surface area contributed by atoms with Crippen LogP contribution in [0.25, 0.3) is 0 Å². The molecule has 2 amide bonds. The first kappa shape index (κ1) is 15.2. The Bertz CT molecular complexity index is 680. The molecule has 5 heteroatoms. The molecule has 2 heterocycles. The van der Waals surface area contributed by atoms with Crippen molar-refractivity contribution >= 4 is 6.03 Å². The van der Waals surface area contributed by atoms with E-state index in [1.807, 2.05) is 43.4 Å². The zero-order valence-electron chi connectivity index (χ0n) is 13.6. The Labute approximate surface area is 141 Å². The van der Waals surface area contributed by atoms with E-state index in [4.69, 9.17) is 4.74 Å². The number of fused-ring (bicyclic) bond motifs is 1. The van der Waals surface area contributed by atoms with Crippen LogP contribution in [-0.2, 0) is 10.3 Å². The summed E-state index contributed by atoms with van der Waals surface area (Å²) in [5.74, 6) is 0. The largest absolute Gasteiger partial charge is 0.344 e. The van der Waals surface area contributed by atoms with Crippen molar-refractivity contribution in [2.24, 2.45) is 0 Å². The summed E-state index contributed by atoms with van der Waals surface area (Å²) in [6.07, 6.45) is -0.260. The third kappa shape index (κ3) is 2.28. The average molecular weight is 323 g/mol. The zero-order valence-corrected chi connectivity index (χ0v) is 13.6. The smallest absolute Gasteiger partial charge is 0.320 e. The number of amides is 2. The summed E-state index contributed by atoms with van der Waals surface area (Å²) in [6.45, 7) is 1.37. The second-order valence-corrected chi connectivity index (χ2v) is 6.21. The van der Waals surface area contributed by atoms with Gasteiger partial charge in [-0.05, 0) is 18.2 Å². The van der Waals surface area contributed by atoms with Gasteiger partial charge in [0.25, 0.3) is 0 Å². The molecule has 24 heavy (non-hydrogen) atoms. The Morgan fingerprint density at radius 3 is 2.21 bits per heavy atom. The Hall–Kier alpha value is -2.37. The number of urea groups is 1. The van der Waals surface area contributed by atoms with Crippen LogP contribution in [0.2, 0.25) is 0 Å². The number of hydrogen-bond donors (Lipinski definition) is 2. The molecule has 0 aliphatic carbocycles. The SMILES string of the molecule is CNCCN1C(=O)NC(c2ccccc2)(c2ccccc2)C2OC21. The lowest BCUT2D eigenvalue weighted by atomic mass is 9.78. The molecule has 0 spiro atoms. The molecule has 0 aromatic heterocycles. The van der Waals surface area contributed by atoms with Crippen molar-refractivity contribution in [3.8, 4) is 0 Å². The minimum absolute atomic E-state index is 0.0862. The molecule has 4 rings (SSSR count). The highest BCUT2D eigenvalue weighted by Gasteiger charge is 2.64. The molecule has 0 radical (unpaired) electrons. The lowest BCUT2D eigenvalue weighted by Gasteiger charge is -2.40. The summed E-state index contributed by atoms with van der Waals surface area (Å²) in [6, 6.07) is 20.1. The van der Waals surface area contributed by atoms with E-state index in [0.717, 1.165) is 17.7 Å². The van der Waals surface area contributed by atoms with E-state index in [1.165, 1.54) is 0 Å². The standard InChI is InChI=1S/C19H21N3O2/c1-20-12-13-22-17-16(24-17)19(21-18(22)23,14-8-4-2-5-9-14)15-10-6-3-7-11-15/h2-11,16-17,20H,12-13H2,1H3,(H,21,23).